The molecule has 1 nitrogen and oxygen atoms in total. The quantitative estimate of drug-likeness (QED) is 0.706. The van der Waals surface area contributed by atoms with Gasteiger partial charge in [-0.15, -0.1) is 0 Å². The topological polar surface area (TPSA) is 12.0 Å². The maximum Gasteiger partial charge on any atom is 0.0185 e. The van der Waals surface area contributed by atoms with Crippen molar-refractivity contribution in [1.82, 2.24) is 5.32 Å². The molecular formula is C17H29NS. The Morgan fingerprint density at radius 3 is 2.68 bits per heavy atom. The number of hydrogen-bond acceptors (Lipinski definition) is 2. The van der Waals surface area contributed by atoms with Gasteiger partial charge in [0.15, 0.2) is 0 Å². The fourth-order valence-corrected chi connectivity index (χ4v) is 3.38. The van der Waals surface area contributed by atoms with E-state index in [0.717, 1.165) is 18.2 Å². The van der Waals surface area contributed by atoms with E-state index in [4.69, 9.17) is 0 Å². The molecule has 0 saturated heterocycles. The van der Waals surface area contributed by atoms with E-state index in [9.17, 15) is 0 Å². The lowest BCUT2D eigenvalue weighted by Gasteiger charge is -2.24. The van der Waals surface area contributed by atoms with Crippen LogP contribution in [0.5, 0.6) is 0 Å². The van der Waals surface area contributed by atoms with Crippen molar-refractivity contribution in [2.24, 2.45) is 5.92 Å². The largest absolute Gasteiger partial charge is 0.313 e. The van der Waals surface area contributed by atoms with Gasteiger partial charge in [-0.25, -0.2) is 0 Å². The van der Waals surface area contributed by atoms with Gasteiger partial charge in [-0.05, 0) is 31.4 Å². The monoisotopic (exact) mass is 279 g/mol. The van der Waals surface area contributed by atoms with Crippen molar-refractivity contribution >= 4 is 11.8 Å². The van der Waals surface area contributed by atoms with Crippen LogP contribution in [0.25, 0.3) is 0 Å². The van der Waals surface area contributed by atoms with Crippen LogP contribution in [0.15, 0.2) is 24.3 Å². The minimum absolute atomic E-state index is 0.653. The number of hydrogen-bond donors (Lipinski definition) is 1. The molecule has 0 spiro atoms. The summed E-state index contributed by atoms with van der Waals surface area (Å²) in [6, 6.07) is 9.51. The Kier molecular flexibility index (Phi) is 8.24. The number of rotatable bonds is 9. The summed E-state index contributed by atoms with van der Waals surface area (Å²) in [7, 11) is 0. The molecule has 2 heteroatoms. The maximum absolute atomic E-state index is 3.70. The third-order valence-electron chi connectivity index (χ3n) is 3.64. The van der Waals surface area contributed by atoms with Crippen LogP contribution in [-0.2, 0) is 5.75 Å². The van der Waals surface area contributed by atoms with Gasteiger partial charge in [0, 0.05) is 17.5 Å². The summed E-state index contributed by atoms with van der Waals surface area (Å²) in [5.74, 6) is 3.10. The summed E-state index contributed by atoms with van der Waals surface area (Å²) in [5.41, 5.74) is 2.81. The van der Waals surface area contributed by atoms with Gasteiger partial charge in [-0.3, -0.25) is 0 Å². The summed E-state index contributed by atoms with van der Waals surface area (Å²) < 4.78 is 0. The summed E-state index contributed by atoms with van der Waals surface area (Å²) in [5, 5.41) is 3.70. The fourth-order valence-electron chi connectivity index (χ4n) is 2.14. The van der Waals surface area contributed by atoms with Gasteiger partial charge in [0.2, 0.25) is 0 Å². The van der Waals surface area contributed by atoms with E-state index >= 15 is 0 Å². The van der Waals surface area contributed by atoms with E-state index < -0.39 is 0 Å². The zero-order chi connectivity index (χ0) is 14.1. The van der Waals surface area contributed by atoms with E-state index in [-0.39, 0.29) is 0 Å². The molecule has 1 rings (SSSR count). The minimum atomic E-state index is 0.653. The zero-order valence-corrected chi connectivity index (χ0v) is 13.7. The van der Waals surface area contributed by atoms with E-state index in [1.54, 1.807) is 0 Å². The zero-order valence-electron chi connectivity index (χ0n) is 12.9. The summed E-state index contributed by atoms with van der Waals surface area (Å²) in [6.07, 6.45) is 2.47. The highest BCUT2D eigenvalue weighted by Crippen LogP contribution is 2.18. The highest BCUT2D eigenvalue weighted by atomic mass is 32.2. The normalized spacial score (nSPS) is 14.3. The molecule has 0 aromatic heterocycles. The van der Waals surface area contributed by atoms with Gasteiger partial charge in [0.05, 0.1) is 0 Å². The van der Waals surface area contributed by atoms with Crippen LogP contribution in [0.1, 0.15) is 44.7 Å². The first-order chi connectivity index (χ1) is 9.17. The van der Waals surface area contributed by atoms with Crippen LogP contribution in [0.4, 0.5) is 0 Å². The third kappa shape index (κ3) is 6.49. The van der Waals surface area contributed by atoms with Crippen molar-refractivity contribution in [3.05, 3.63) is 35.4 Å². The molecule has 0 bridgehead atoms. The number of aryl methyl sites for hydroxylation is 1. The molecule has 1 aromatic rings. The molecule has 0 fully saturated rings. The molecule has 0 aliphatic rings. The molecule has 0 radical (unpaired) electrons. The lowest BCUT2D eigenvalue weighted by atomic mass is 10.0. The second-order valence-electron chi connectivity index (χ2n) is 5.45. The van der Waals surface area contributed by atoms with E-state index in [2.05, 4.69) is 69.0 Å². The van der Waals surface area contributed by atoms with Crippen molar-refractivity contribution in [2.45, 2.75) is 52.3 Å². The van der Waals surface area contributed by atoms with E-state index in [1.807, 2.05) is 0 Å². The average molecular weight is 279 g/mol. The Balaban J connectivity index is 2.38. The van der Waals surface area contributed by atoms with Gasteiger partial charge < -0.3 is 5.32 Å². The van der Waals surface area contributed by atoms with Gasteiger partial charge >= 0.3 is 0 Å². The van der Waals surface area contributed by atoms with E-state index in [1.165, 1.54) is 29.7 Å². The minimum Gasteiger partial charge on any atom is -0.313 e. The lowest BCUT2D eigenvalue weighted by Crippen LogP contribution is -2.37. The van der Waals surface area contributed by atoms with E-state index in [0.29, 0.717) is 6.04 Å². The van der Waals surface area contributed by atoms with Crippen LogP contribution in [0.3, 0.4) is 0 Å². The second kappa shape index (κ2) is 9.44. The molecule has 0 aliphatic carbocycles. The first kappa shape index (κ1) is 16.6. The Morgan fingerprint density at radius 2 is 2.05 bits per heavy atom. The smallest absolute Gasteiger partial charge is 0.0185 e. The van der Waals surface area contributed by atoms with Crippen LogP contribution in [0.2, 0.25) is 0 Å². The first-order valence-corrected chi connectivity index (χ1v) is 8.69. The molecule has 0 aliphatic heterocycles. The van der Waals surface area contributed by atoms with Gasteiger partial charge in [0.25, 0.3) is 0 Å². The number of thioether (sulfide) groups is 1. The summed E-state index contributed by atoms with van der Waals surface area (Å²) in [6.45, 7) is 10.2. The highest BCUT2D eigenvalue weighted by Gasteiger charge is 2.14. The molecule has 0 amide bonds. The molecule has 2 unspecified atom stereocenters. The summed E-state index contributed by atoms with van der Waals surface area (Å²) in [4.78, 5) is 0. The number of benzene rings is 1. The molecule has 1 aromatic carbocycles. The molecule has 108 valence electrons. The molecule has 0 saturated carbocycles. The molecule has 0 heterocycles. The van der Waals surface area contributed by atoms with Crippen LogP contribution in [0, 0.1) is 12.8 Å². The predicted molar refractivity (Wildman–Crippen MR) is 88.9 cm³/mol. The van der Waals surface area contributed by atoms with Crippen molar-refractivity contribution in [1.29, 1.82) is 0 Å². The fraction of sp³-hybridized carbons (Fsp3) is 0.647. The Morgan fingerprint density at radius 1 is 1.26 bits per heavy atom. The molecule has 19 heavy (non-hydrogen) atoms. The SMILES string of the molecule is CCCNC(CSCc1cccc(C)c1)C(C)CC. The second-order valence-corrected chi connectivity index (χ2v) is 6.48. The van der Waals surface area contributed by atoms with Gasteiger partial charge in [-0.2, -0.15) is 11.8 Å². The van der Waals surface area contributed by atoms with Crippen molar-refractivity contribution in [2.75, 3.05) is 12.3 Å². The van der Waals surface area contributed by atoms with Crippen LogP contribution >= 0.6 is 11.8 Å². The van der Waals surface area contributed by atoms with Gasteiger partial charge in [-0.1, -0.05) is 57.0 Å². The van der Waals surface area contributed by atoms with Crippen molar-refractivity contribution in [3.63, 3.8) is 0 Å². The first-order valence-electron chi connectivity index (χ1n) is 7.54. The average Bonchev–Trinajstić information content (AvgIpc) is 2.42. The Bertz CT molecular complexity index is 351. The van der Waals surface area contributed by atoms with Crippen LogP contribution in [-0.4, -0.2) is 18.3 Å². The Hall–Kier alpha value is -0.470. The third-order valence-corrected chi connectivity index (χ3v) is 4.77. The van der Waals surface area contributed by atoms with Crippen molar-refractivity contribution in [3.8, 4) is 0 Å². The standard InChI is InChI=1S/C17H29NS/c1-5-10-18-17(15(4)6-2)13-19-12-16-9-7-8-14(3)11-16/h7-9,11,15,17-18H,5-6,10,12-13H2,1-4H3. The lowest BCUT2D eigenvalue weighted by molar-refractivity contribution is 0.397. The maximum atomic E-state index is 3.70. The predicted octanol–water partition coefficient (Wildman–Crippen LogP) is 4.64. The number of nitrogens with one attached hydrogen (secondary N) is 1. The molecule has 2 atom stereocenters. The molecular weight excluding hydrogens is 250 g/mol. The molecule has 1 N–H and O–H groups in total. The highest BCUT2D eigenvalue weighted by molar-refractivity contribution is 7.98. The summed E-state index contributed by atoms with van der Waals surface area (Å²) >= 11 is 2.05. The van der Waals surface area contributed by atoms with Crippen molar-refractivity contribution < 1.29 is 0 Å². The van der Waals surface area contributed by atoms with Gasteiger partial charge in [0.1, 0.15) is 0 Å². The van der Waals surface area contributed by atoms with Crippen LogP contribution < -0.4 is 5.32 Å². The Labute approximate surface area is 123 Å².